The normalized spacial score (nSPS) is 11.3. The molecule has 2 rings (SSSR count). The van der Waals surface area contributed by atoms with Crippen molar-refractivity contribution in [3.8, 4) is 0 Å². The molecule has 4 N–H and O–H groups in total. The van der Waals surface area contributed by atoms with E-state index in [9.17, 15) is 9.59 Å². The minimum atomic E-state index is -0.599. The minimum absolute atomic E-state index is 0.0871. The molecule has 0 unspecified atom stereocenters. The van der Waals surface area contributed by atoms with Crippen LogP contribution in [0, 0.1) is 0 Å². The van der Waals surface area contributed by atoms with E-state index >= 15 is 0 Å². The van der Waals surface area contributed by atoms with Crippen molar-refractivity contribution >= 4 is 23.6 Å². The van der Waals surface area contributed by atoms with Crippen LogP contribution in [-0.4, -0.2) is 24.1 Å². The molecule has 6 heteroatoms. The molecule has 2 aromatic rings. The van der Waals surface area contributed by atoms with Gasteiger partial charge in [-0.2, -0.15) is 0 Å². The third-order valence-corrected chi connectivity index (χ3v) is 4.30. The van der Waals surface area contributed by atoms with E-state index in [-0.39, 0.29) is 11.3 Å². The van der Waals surface area contributed by atoms with Gasteiger partial charge in [0.1, 0.15) is 0 Å². The Balaban J connectivity index is 2.10. The minimum Gasteiger partial charge on any atom is -0.388 e. The summed E-state index contributed by atoms with van der Waals surface area (Å²) in [6, 6.07) is 13.1. The third-order valence-electron chi connectivity index (χ3n) is 4.30. The summed E-state index contributed by atoms with van der Waals surface area (Å²) in [6.07, 6.45) is 2.82. The molecule has 0 heterocycles. The smallest absolute Gasteiger partial charge is 0.267 e. The summed E-state index contributed by atoms with van der Waals surface area (Å²) in [4.78, 5) is 23.7. The lowest BCUT2D eigenvalue weighted by molar-refractivity contribution is -0.124. The molecule has 148 valence electrons. The van der Waals surface area contributed by atoms with Gasteiger partial charge in [0.15, 0.2) is 0 Å². The van der Waals surface area contributed by atoms with Gasteiger partial charge in [0.05, 0.1) is 0 Å². The number of hydrogen-bond donors (Lipinski definition) is 4. The van der Waals surface area contributed by atoms with E-state index in [0.717, 1.165) is 22.4 Å². The molecule has 0 aliphatic heterocycles. The number of carbonyl (C=O) groups excluding carboxylic acids is 2. The third kappa shape index (κ3) is 5.69. The molecule has 0 radical (unpaired) electrons. The van der Waals surface area contributed by atoms with Gasteiger partial charge in [0.25, 0.3) is 11.8 Å². The zero-order valence-corrected chi connectivity index (χ0v) is 16.7. The lowest BCUT2D eigenvalue weighted by atomic mass is 9.84. The first kappa shape index (κ1) is 21.2. The second kappa shape index (κ2) is 9.19. The maximum atomic E-state index is 12.6. The van der Waals surface area contributed by atoms with E-state index in [2.05, 4.69) is 31.4 Å². The summed E-state index contributed by atoms with van der Waals surface area (Å²) in [7, 11) is 1.87. The molecule has 0 bridgehead atoms. The first-order chi connectivity index (χ1) is 13.2. The average Bonchev–Trinajstić information content (AvgIpc) is 2.69. The van der Waals surface area contributed by atoms with Crippen LogP contribution in [0.15, 0.2) is 48.5 Å². The molecule has 0 saturated heterocycles. The van der Waals surface area contributed by atoms with Crippen molar-refractivity contribution in [2.75, 3.05) is 12.4 Å². The molecule has 6 nitrogen and oxygen atoms in total. The number of rotatable bonds is 6. The van der Waals surface area contributed by atoms with Crippen molar-refractivity contribution < 1.29 is 14.8 Å². The topological polar surface area (TPSA) is 90.5 Å². The van der Waals surface area contributed by atoms with Gasteiger partial charge in [-0.05, 0) is 52.4 Å². The second-order valence-corrected chi connectivity index (χ2v) is 7.50. The molecule has 0 saturated carbocycles. The SMILES string of the molecule is CNc1ccc(C(=O)NCc2cccc(/C=C/C(=O)NO)c2)cc1C(C)(C)C. The van der Waals surface area contributed by atoms with Crippen LogP contribution in [-0.2, 0) is 16.8 Å². The van der Waals surface area contributed by atoms with Gasteiger partial charge in [-0.1, -0.05) is 39.0 Å². The fourth-order valence-electron chi connectivity index (χ4n) is 2.82. The lowest BCUT2D eigenvalue weighted by Gasteiger charge is -2.23. The van der Waals surface area contributed by atoms with Crippen LogP contribution >= 0.6 is 0 Å². The van der Waals surface area contributed by atoms with Crippen LogP contribution in [0.5, 0.6) is 0 Å². The van der Waals surface area contributed by atoms with Crippen LogP contribution in [0.4, 0.5) is 5.69 Å². The lowest BCUT2D eigenvalue weighted by Crippen LogP contribution is -2.24. The summed E-state index contributed by atoms with van der Waals surface area (Å²) < 4.78 is 0. The van der Waals surface area contributed by atoms with Crippen molar-refractivity contribution in [2.45, 2.75) is 32.7 Å². The molecule has 28 heavy (non-hydrogen) atoms. The molecular formula is C22H27N3O3. The van der Waals surface area contributed by atoms with Gasteiger partial charge in [-0.15, -0.1) is 0 Å². The Morgan fingerprint density at radius 1 is 1.11 bits per heavy atom. The zero-order chi connectivity index (χ0) is 20.7. The molecule has 0 aliphatic carbocycles. The molecule has 2 amide bonds. The summed E-state index contributed by atoms with van der Waals surface area (Å²) in [5.74, 6) is -0.743. The quantitative estimate of drug-likeness (QED) is 0.350. The average molecular weight is 381 g/mol. The predicted octanol–water partition coefficient (Wildman–Crippen LogP) is 3.47. The van der Waals surface area contributed by atoms with Crippen LogP contribution in [0.3, 0.4) is 0 Å². The van der Waals surface area contributed by atoms with Crippen LogP contribution in [0.2, 0.25) is 0 Å². The van der Waals surface area contributed by atoms with E-state index < -0.39 is 5.91 Å². The molecule has 2 aromatic carbocycles. The Kier molecular flexibility index (Phi) is 6.95. The number of anilines is 1. The first-order valence-electron chi connectivity index (χ1n) is 9.06. The summed E-state index contributed by atoms with van der Waals surface area (Å²) in [6.45, 7) is 6.70. The number of amides is 2. The number of hydroxylamine groups is 1. The number of benzene rings is 2. The summed E-state index contributed by atoms with van der Waals surface area (Å²) in [5, 5.41) is 14.6. The Morgan fingerprint density at radius 2 is 1.86 bits per heavy atom. The molecular weight excluding hydrogens is 354 g/mol. The Bertz CT molecular complexity index is 883. The molecule has 0 atom stereocenters. The first-order valence-corrected chi connectivity index (χ1v) is 9.06. The van der Waals surface area contributed by atoms with Gasteiger partial charge >= 0.3 is 0 Å². The van der Waals surface area contributed by atoms with E-state index in [4.69, 9.17) is 5.21 Å². The van der Waals surface area contributed by atoms with Gasteiger partial charge in [0, 0.05) is 30.9 Å². The highest BCUT2D eigenvalue weighted by Gasteiger charge is 2.19. The maximum Gasteiger partial charge on any atom is 0.267 e. The Labute approximate surface area is 165 Å². The highest BCUT2D eigenvalue weighted by molar-refractivity contribution is 5.95. The van der Waals surface area contributed by atoms with Gasteiger partial charge in [-0.3, -0.25) is 14.8 Å². The van der Waals surface area contributed by atoms with E-state index in [1.165, 1.54) is 6.08 Å². The summed E-state index contributed by atoms with van der Waals surface area (Å²) >= 11 is 0. The fourth-order valence-corrected chi connectivity index (χ4v) is 2.82. The molecule has 0 fully saturated rings. The van der Waals surface area contributed by atoms with Crippen molar-refractivity contribution in [3.63, 3.8) is 0 Å². The van der Waals surface area contributed by atoms with Gasteiger partial charge in [-0.25, -0.2) is 5.48 Å². The standard InChI is InChI=1S/C22H27N3O3/c1-22(2,3)18-13-17(9-10-19(18)23-4)21(27)24-14-16-7-5-6-15(12-16)8-11-20(26)25-28/h5-13,23,28H,14H2,1-4H3,(H,24,27)(H,25,26)/b11-8+. The van der Waals surface area contributed by atoms with E-state index in [1.807, 2.05) is 49.5 Å². The van der Waals surface area contributed by atoms with Crippen molar-refractivity contribution in [1.82, 2.24) is 10.8 Å². The van der Waals surface area contributed by atoms with Crippen LogP contribution in [0.1, 0.15) is 47.8 Å². The second-order valence-electron chi connectivity index (χ2n) is 7.50. The fraction of sp³-hybridized carbons (Fsp3) is 0.273. The largest absolute Gasteiger partial charge is 0.388 e. The van der Waals surface area contributed by atoms with Crippen molar-refractivity contribution in [2.24, 2.45) is 0 Å². The van der Waals surface area contributed by atoms with Crippen LogP contribution in [0.25, 0.3) is 6.08 Å². The number of nitrogens with one attached hydrogen (secondary N) is 3. The Morgan fingerprint density at radius 3 is 2.50 bits per heavy atom. The molecule has 0 aliphatic rings. The van der Waals surface area contributed by atoms with Gasteiger partial charge < -0.3 is 10.6 Å². The molecule has 0 aromatic heterocycles. The van der Waals surface area contributed by atoms with Crippen LogP contribution < -0.4 is 16.1 Å². The summed E-state index contributed by atoms with van der Waals surface area (Å²) in [5.41, 5.74) is 5.86. The highest BCUT2D eigenvalue weighted by Crippen LogP contribution is 2.30. The number of carbonyl (C=O) groups is 2. The van der Waals surface area contributed by atoms with Crippen molar-refractivity contribution in [3.05, 3.63) is 70.8 Å². The number of hydrogen-bond acceptors (Lipinski definition) is 4. The Hall–Kier alpha value is -3.12. The van der Waals surface area contributed by atoms with Crippen molar-refractivity contribution in [1.29, 1.82) is 0 Å². The highest BCUT2D eigenvalue weighted by atomic mass is 16.5. The molecule has 0 spiro atoms. The van der Waals surface area contributed by atoms with E-state index in [0.29, 0.717) is 12.1 Å². The van der Waals surface area contributed by atoms with E-state index in [1.54, 1.807) is 11.6 Å². The monoisotopic (exact) mass is 381 g/mol. The van der Waals surface area contributed by atoms with Gasteiger partial charge in [0.2, 0.25) is 0 Å². The predicted molar refractivity (Wildman–Crippen MR) is 111 cm³/mol. The zero-order valence-electron chi connectivity index (χ0n) is 16.7. The maximum absolute atomic E-state index is 12.6.